The Bertz CT molecular complexity index is 3590. The summed E-state index contributed by atoms with van der Waals surface area (Å²) in [5, 5.41) is 7.24. The van der Waals surface area contributed by atoms with E-state index in [4.69, 9.17) is 4.42 Å². The summed E-state index contributed by atoms with van der Waals surface area (Å²) in [5.41, 5.74) is 14.6. The highest BCUT2D eigenvalue weighted by molar-refractivity contribution is 7.26. The lowest BCUT2D eigenvalue weighted by atomic mass is 9.99. The van der Waals surface area contributed by atoms with Crippen LogP contribution in [0, 0.1) is 6.92 Å². The van der Waals surface area contributed by atoms with Crippen molar-refractivity contribution in [3.63, 3.8) is 0 Å². The molecule has 0 aliphatic rings. The Hall–Kier alpha value is -7.40. The van der Waals surface area contributed by atoms with Crippen molar-refractivity contribution in [1.29, 1.82) is 0 Å². The van der Waals surface area contributed by atoms with Gasteiger partial charge in [0.15, 0.2) is 0 Å². The van der Waals surface area contributed by atoms with Gasteiger partial charge >= 0.3 is 0 Å². The van der Waals surface area contributed by atoms with Crippen LogP contribution in [0.3, 0.4) is 0 Å². The summed E-state index contributed by atoms with van der Waals surface area (Å²) >= 11 is 1.86. The van der Waals surface area contributed by atoms with Gasteiger partial charge in [-0.3, -0.25) is 0 Å². The van der Waals surface area contributed by atoms with Gasteiger partial charge in [0, 0.05) is 54.0 Å². The number of hydrogen-bond donors (Lipinski definition) is 0. The van der Waals surface area contributed by atoms with E-state index in [-0.39, 0.29) is 0 Å². The second kappa shape index (κ2) is 13.3. The molecule has 0 aliphatic carbocycles. The lowest BCUT2D eigenvalue weighted by molar-refractivity contribution is 0.669. The Morgan fingerprint density at radius 2 is 1.10 bits per heavy atom. The molecule has 0 bridgehead atoms. The normalized spacial score (nSPS) is 11.8. The molecule has 0 fully saturated rings. The number of aromatic nitrogens is 1. The van der Waals surface area contributed by atoms with Gasteiger partial charge in [0.1, 0.15) is 11.2 Å². The monoisotopic (exact) mass is 772 g/mol. The first kappa shape index (κ1) is 33.7. The molecular weight excluding hydrogens is 737 g/mol. The van der Waals surface area contributed by atoms with E-state index < -0.39 is 0 Å². The van der Waals surface area contributed by atoms with Crippen LogP contribution in [0.25, 0.3) is 91.9 Å². The Balaban J connectivity index is 1.11. The van der Waals surface area contributed by atoms with Crippen molar-refractivity contribution in [3.05, 3.63) is 206 Å². The molecule has 0 amide bonds. The van der Waals surface area contributed by atoms with Crippen molar-refractivity contribution < 1.29 is 4.42 Å². The highest BCUT2D eigenvalue weighted by Crippen LogP contribution is 2.48. The minimum Gasteiger partial charge on any atom is -0.456 e. The van der Waals surface area contributed by atoms with Crippen LogP contribution < -0.4 is 4.90 Å². The fourth-order valence-electron chi connectivity index (χ4n) is 9.19. The highest BCUT2D eigenvalue weighted by atomic mass is 32.1. The third-order valence-electron chi connectivity index (χ3n) is 12.0. The Labute approximate surface area is 345 Å². The summed E-state index contributed by atoms with van der Waals surface area (Å²) < 4.78 is 11.2. The predicted octanol–water partition coefficient (Wildman–Crippen LogP) is 16.2. The Morgan fingerprint density at radius 1 is 0.441 bits per heavy atom. The van der Waals surface area contributed by atoms with Crippen LogP contribution in [0.2, 0.25) is 0 Å². The molecule has 3 aromatic heterocycles. The maximum atomic E-state index is 6.27. The van der Waals surface area contributed by atoms with Gasteiger partial charge in [-0.15, -0.1) is 11.3 Å². The minimum absolute atomic E-state index is 0.893. The molecule has 0 aliphatic heterocycles. The van der Waals surface area contributed by atoms with Crippen molar-refractivity contribution in [1.82, 2.24) is 4.57 Å². The zero-order valence-electron chi connectivity index (χ0n) is 32.3. The number of aryl methyl sites for hydroxylation is 1. The van der Waals surface area contributed by atoms with Crippen LogP contribution >= 0.6 is 11.3 Å². The molecule has 0 atom stereocenters. The molecule has 4 heteroatoms. The van der Waals surface area contributed by atoms with E-state index in [0.717, 1.165) is 61.3 Å². The number of rotatable bonds is 6. The van der Waals surface area contributed by atoms with Gasteiger partial charge < -0.3 is 13.9 Å². The van der Waals surface area contributed by atoms with Gasteiger partial charge in [0.25, 0.3) is 0 Å². The Kier molecular flexibility index (Phi) is 7.62. The average molecular weight is 773 g/mol. The van der Waals surface area contributed by atoms with E-state index in [0.29, 0.717) is 0 Å². The van der Waals surface area contributed by atoms with Gasteiger partial charge in [-0.25, -0.2) is 0 Å². The summed E-state index contributed by atoms with van der Waals surface area (Å²) in [7, 11) is 0. The second-order valence-electron chi connectivity index (χ2n) is 15.3. The van der Waals surface area contributed by atoms with Gasteiger partial charge in [-0.05, 0) is 95.9 Å². The van der Waals surface area contributed by atoms with E-state index >= 15 is 0 Å². The molecule has 9 aromatic carbocycles. The fourth-order valence-corrected chi connectivity index (χ4v) is 10.4. The number of furan rings is 1. The molecule has 3 heterocycles. The number of fused-ring (bicyclic) bond motifs is 9. The summed E-state index contributed by atoms with van der Waals surface area (Å²) in [6.07, 6.45) is 0. The molecule has 278 valence electrons. The largest absolute Gasteiger partial charge is 0.456 e. The van der Waals surface area contributed by atoms with Gasteiger partial charge in [-0.1, -0.05) is 133 Å². The van der Waals surface area contributed by atoms with E-state index in [1.54, 1.807) is 0 Å². The number of anilines is 3. The van der Waals surface area contributed by atoms with Crippen LogP contribution in [-0.2, 0) is 0 Å². The van der Waals surface area contributed by atoms with E-state index in [1.165, 1.54) is 53.2 Å². The zero-order valence-corrected chi connectivity index (χ0v) is 33.1. The van der Waals surface area contributed by atoms with E-state index in [2.05, 4.69) is 204 Å². The van der Waals surface area contributed by atoms with Crippen LogP contribution in [0.5, 0.6) is 0 Å². The predicted molar refractivity (Wildman–Crippen MR) is 251 cm³/mol. The van der Waals surface area contributed by atoms with Gasteiger partial charge in [0.05, 0.1) is 27.1 Å². The third-order valence-corrected chi connectivity index (χ3v) is 13.2. The topological polar surface area (TPSA) is 21.3 Å². The number of nitrogens with zero attached hydrogens (tertiary/aromatic N) is 2. The van der Waals surface area contributed by atoms with Crippen molar-refractivity contribution >= 4 is 92.3 Å². The average Bonchev–Trinajstić information content (AvgIpc) is 3.97. The number of hydrogen-bond acceptors (Lipinski definition) is 3. The quantitative estimate of drug-likeness (QED) is 0.168. The van der Waals surface area contributed by atoms with Crippen LogP contribution in [-0.4, -0.2) is 4.57 Å². The molecule has 0 unspecified atom stereocenters. The smallest absolute Gasteiger partial charge is 0.135 e. The highest BCUT2D eigenvalue weighted by Gasteiger charge is 2.23. The zero-order chi connectivity index (χ0) is 39.0. The molecule has 0 spiro atoms. The van der Waals surface area contributed by atoms with Crippen LogP contribution in [0.4, 0.5) is 17.1 Å². The fraction of sp³-hybridized carbons (Fsp3) is 0.0182. The molecule has 0 saturated heterocycles. The van der Waals surface area contributed by atoms with Crippen molar-refractivity contribution in [2.75, 3.05) is 4.90 Å². The first-order chi connectivity index (χ1) is 29.2. The summed E-state index contributed by atoms with van der Waals surface area (Å²) in [6, 6.07) is 72.7. The minimum atomic E-state index is 0.893. The number of para-hydroxylation sites is 3. The Morgan fingerprint density at radius 3 is 1.98 bits per heavy atom. The maximum absolute atomic E-state index is 6.27. The molecule has 12 rings (SSSR count). The van der Waals surface area contributed by atoms with Crippen molar-refractivity contribution in [2.24, 2.45) is 0 Å². The lowest BCUT2D eigenvalue weighted by Gasteiger charge is -2.28. The van der Waals surface area contributed by atoms with E-state index in [9.17, 15) is 0 Å². The van der Waals surface area contributed by atoms with Crippen LogP contribution in [0.15, 0.2) is 205 Å². The van der Waals surface area contributed by atoms with Crippen molar-refractivity contribution in [2.45, 2.75) is 6.92 Å². The van der Waals surface area contributed by atoms with E-state index in [1.807, 2.05) is 23.5 Å². The standard InChI is InChI=1S/C55H36N2OS/c1-35-13-2-3-14-40(35)36-25-28-38(29-26-36)56-49-21-9-5-16-42(49)43-31-30-39(34-51(43)56)57(50-22-12-19-46-45-18-7-11-24-54(45)59-55(46)50)48-20-8-4-15-41(48)37-27-32-53-47(33-37)44-17-6-10-23-52(44)58-53/h2-34H,1H3. The molecule has 0 N–H and O–H groups in total. The van der Waals surface area contributed by atoms with Crippen molar-refractivity contribution in [3.8, 4) is 27.9 Å². The van der Waals surface area contributed by atoms with Gasteiger partial charge in [-0.2, -0.15) is 0 Å². The molecule has 3 nitrogen and oxygen atoms in total. The molecule has 0 radical (unpaired) electrons. The first-order valence-corrected chi connectivity index (χ1v) is 20.9. The van der Waals surface area contributed by atoms with Crippen LogP contribution in [0.1, 0.15) is 5.56 Å². The molecular formula is C55H36N2OS. The third kappa shape index (κ3) is 5.34. The first-order valence-electron chi connectivity index (χ1n) is 20.1. The molecule has 59 heavy (non-hydrogen) atoms. The molecule has 12 aromatic rings. The summed E-state index contributed by atoms with van der Waals surface area (Å²) in [4.78, 5) is 2.48. The summed E-state index contributed by atoms with van der Waals surface area (Å²) in [6.45, 7) is 2.18. The second-order valence-corrected chi connectivity index (χ2v) is 16.4. The van der Waals surface area contributed by atoms with Gasteiger partial charge in [0.2, 0.25) is 0 Å². The lowest BCUT2D eigenvalue weighted by Crippen LogP contribution is -2.11. The summed E-state index contributed by atoms with van der Waals surface area (Å²) in [5.74, 6) is 0. The number of thiophene rings is 1. The molecule has 0 saturated carbocycles. The SMILES string of the molecule is Cc1ccccc1-c1ccc(-n2c3ccccc3c3ccc(N(c4ccccc4-c4ccc5oc6ccccc6c5c4)c4cccc5c4sc4ccccc45)cc32)cc1. The maximum Gasteiger partial charge on any atom is 0.135 e. The number of benzene rings is 9.